The molecule has 2 amide bonds. The van der Waals surface area contributed by atoms with Crippen LogP contribution in [-0.4, -0.2) is 46.0 Å². The van der Waals surface area contributed by atoms with Crippen LogP contribution in [0.2, 0.25) is 0 Å². The Morgan fingerprint density at radius 1 is 1.02 bits per heavy atom. The normalized spacial score (nSPS) is 17.0. The topological polar surface area (TPSA) is 111 Å². The van der Waals surface area contributed by atoms with Crippen molar-refractivity contribution in [2.45, 2.75) is 83.8 Å². The zero-order chi connectivity index (χ0) is 29.7. The number of fused-ring (bicyclic) bond motifs is 3. The molecule has 7 rings (SSSR count). The Morgan fingerprint density at radius 3 is 2.60 bits per heavy atom. The number of benzene rings is 1. The van der Waals surface area contributed by atoms with E-state index < -0.39 is 11.7 Å². The van der Waals surface area contributed by atoms with E-state index in [0.717, 1.165) is 49.9 Å². The molecular weight excluding hydrogens is 547 g/mol. The van der Waals surface area contributed by atoms with Crippen molar-refractivity contribution in [2.75, 3.05) is 5.32 Å². The van der Waals surface area contributed by atoms with Crippen molar-refractivity contribution in [3.63, 3.8) is 0 Å². The molecule has 2 saturated carbocycles. The first-order valence-electron chi connectivity index (χ1n) is 15.2. The van der Waals surface area contributed by atoms with Crippen LogP contribution in [0.15, 0.2) is 43.0 Å². The fourth-order valence-corrected chi connectivity index (χ4v) is 6.40. The van der Waals surface area contributed by atoms with Crippen LogP contribution >= 0.6 is 0 Å². The number of carbonyl (C=O) groups is 2. The summed E-state index contributed by atoms with van der Waals surface area (Å²) in [4.78, 5) is 38.3. The monoisotopic (exact) mass is 582 g/mol. The molecule has 1 N–H and O–H groups in total. The molecular formula is C32H35FN8O2. The highest BCUT2D eigenvalue weighted by molar-refractivity contribution is 6.04. The van der Waals surface area contributed by atoms with Crippen molar-refractivity contribution in [1.29, 1.82) is 0 Å². The van der Waals surface area contributed by atoms with E-state index in [1.54, 1.807) is 36.9 Å². The van der Waals surface area contributed by atoms with Gasteiger partial charge in [-0.1, -0.05) is 25.3 Å². The zero-order valence-electron chi connectivity index (χ0n) is 24.5. The Kier molecular flexibility index (Phi) is 7.03. The molecule has 10 nitrogen and oxygen atoms in total. The number of hydrogen-bond acceptors (Lipinski definition) is 6. The molecule has 0 saturated heterocycles. The molecule has 1 aliphatic heterocycles. The van der Waals surface area contributed by atoms with E-state index in [0.29, 0.717) is 35.2 Å². The van der Waals surface area contributed by atoms with Gasteiger partial charge in [-0.3, -0.25) is 9.59 Å². The molecule has 0 bridgehead atoms. The van der Waals surface area contributed by atoms with Gasteiger partial charge in [0.25, 0.3) is 5.91 Å². The third kappa shape index (κ3) is 5.21. The highest BCUT2D eigenvalue weighted by Gasteiger charge is 2.35. The number of anilines is 1. The molecule has 4 heterocycles. The standard InChI is InChI=1S/C32H35FN8O2/c1-19(2)40-18-35-38-30(40)25-9-6-10-28(36-25)37-31(42)23-14-26-22(13-24(23)33)15-39(32(43)21-7-4-3-5-8-21)16-27-29(20-11-12-20)34-17-41(26)27/h6,9-10,13-14,17-21H,3-5,7-8,11-12,15-16H2,1-2H3,(H,36,37,42). The Hall–Kier alpha value is -4.41. The number of nitrogens with one attached hydrogen (secondary N) is 1. The minimum absolute atomic E-state index is 0.00332. The molecule has 1 aromatic carbocycles. The summed E-state index contributed by atoms with van der Waals surface area (Å²) in [5.74, 6) is 0.105. The van der Waals surface area contributed by atoms with Gasteiger partial charge in [0.05, 0.1) is 35.5 Å². The Bertz CT molecular complexity index is 1700. The number of imidazole rings is 1. The number of hydrogen-bond donors (Lipinski definition) is 1. The summed E-state index contributed by atoms with van der Waals surface area (Å²) < 4.78 is 19.5. The van der Waals surface area contributed by atoms with E-state index in [-0.39, 0.29) is 35.8 Å². The van der Waals surface area contributed by atoms with Gasteiger partial charge in [0.15, 0.2) is 5.82 Å². The summed E-state index contributed by atoms with van der Waals surface area (Å²) in [7, 11) is 0. The molecule has 4 aromatic rings. The summed E-state index contributed by atoms with van der Waals surface area (Å²) in [6.07, 6.45) is 10.6. The Labute approximate surface area is 249 Å². The van der Waals surface area contributed by atoms with Gasteiger partial charge in [0, 0.05) is 24.4 Å². The van der Waals surface area contributed by atoms with E-state index in [1.165, 1.54) is 12.5 Å². The molecule has 0 spiro atoms. The van der Waals surface area contributed by atoms with Crippen LogP contribution in [0.1, 0.15) is 98.1 Å². The highest BCUT2D eigenvalue weighted by atomic mass is 19.1. The van der Waals surface area contributed by atoms with Gasteiger partial charge in [-0.05, 0) is 69.4 Å². The van der Waals surface area contributed by atoms with Crippen molar-refractivity contribution in [1.82, 2.24) is 34.2 Å². The number of rotatable bonds is 6. The van der Waals surface area contributed by atoms with Crippen LogP contribution in [0, 0.1) is 11.7 Å². The van der Waals surface area contributed by atoms with Gasteiger partial charge in [0.2, 0.25) is 5.91 Å². The van der Waals surface area contributed by atoms with E-state index in [1.807, 2.05) is 27.9 Å². The molecule has 0 atom stereocenters. The molecule has 0 unspecified atom stereocenters. The lowest BCUT2D eigenvalue weighted by Gasteiger charge is -2.28. The predicted octanol–water partition coefficient (Wildman–Crippen LogP) is 5.80. The lowest BCUT2D eigenvalue weighted by Crippen LogP contribution is -2.36. The highest BCUT2D eigenvalue weighted by Crippen LogP contribution is 2.43. The molecule has 3 aliphatic rings. The van der Waals surface area contributed by atoms with Crippen molar-refractivity contribution in [3.05, 3.63) is 71.3 Å². The lowest BCUT2D eigenvalue weighted by atomic mass is 9.88. The first-order valence-corrected chi connectivity index (χ1v) is 15.2. The molecule has 43 heavy (non-hydrogen) atoms. The largest absolute Gasteiger partial charge is 0.332 e. The third-order valence-corrected chi connectivity index (χ3v) is 8.85. The average molecular weight is 583 g/mol. The first-order chi connectivity index (χ1) is 20.9. The van der Waals surface area contributed by atoms with Crippen LogP contribution in [0.5, 0.6) is 0 Å². The Morgan fingerprint density at radius 2 is 1.84 bits per heavy atom. The molecule has 11 heteroatoms. The van der Waals surface area contributed by atoms with E-state index >= 15 is 4.39 Å². The van der Waals surface area contributed by atoms with E-state index in [2.05, 4.69) is 20.5 Å². The minimum atomic E-state index is -0.650. The summed E-state index contributed by atoms with van der Waals surface area (Å²) in [6.45, 7) is 4.75. The van der Waals surface area contributed by atoms with Gasteiger partial charge >= 0.3 is 0 Å². The smallest absolute Gasteiger partial charge is 0.259 e. The van der Waals surface area contributed by atoms with Crippen LogP contribution in [-0.2, 0) is 17.9 Å². The second-order valence-electron chi connectivity index (χ2n) is 12.2. The number of amides is 2. The molecule has 0 radical (unpaired) electrons. The minimum Gasteiger partial charge on any atom is -0.332 e. The predicted molar refractivity (Wildman–Crippen MR) is 158 cm³/mol. The fraction of sp³-hybridized carbons (Fsp3) is 0.438. The van der Waals surface area contributed by atoms with Crippen LogP contribution in [0.3, 0.4) is 0 Å². The summed E-state index contributed by atoms with van der Waals surface area (Å²) in [6, 6.07) is 8.31. The number of halogens is 1. The van der Waals surface area contributed by atoms with Crippen LogP contribution in [0.25, 0.3) is 17.2 Å². The van der Waals surface area contributed by atoms with Crippen LogP contribution in [0.4, 0.5) is 10.2 Å². The average Bonchev–Trinajstić information content (AvgIpc) is 3.61. The van der Waals surface area contributed by atoms with Crippen LogP contribution < -0.4 is 5.32 Å². The molecule has 2 fully saturated rings. The first kappa shape index (κ1) is 27.4. The van der Waals surface area contributed by atoms with E-state index in [4.69, 9.17) is 4.98 Å². The van der Waals surface area contributed by atoms with Crippen molar-refractivity contribution >= 4 is 17.6 Å². The molecule has 3 aromatic heterocycles. The molecule has 222 valence electrons. The number of nitrogens with zero attached hydrogens (tertiary/aromatic N) is 7. The fourth-order valence-electron chi connectivity index (χ4n) is 6.40. The van der Waals surface area contributed by atoms with Gasteiger partial charge in [-0.25, -0.2) is 14.4 Å². The maximum absolute atomic E-state index is 15.7. The third-order valence-electron chi connectivity index (χ3n) is 8.85. The summed E-state index contributed by atoms with van der Waals surface area (Å²) >= 11 is 0. The van der Waals surface area contributed by atoms with Gasteiger partial charge < -0.3 is 19.4 Å². The maximum Gasteiger partial charge on any atom is 0.259 e. The van der Waals surface area contributed by atoms with Gasteiger partial charge in [-0.15, -0.1) is 10.2 Å². The summed E-state index contributed by atoms with van der Waals surface area (Å²) in [5, 5.41) is 10.9. The Balaban J connectivity index is 1.21. The molecule has 2 aliphatic carbocycles. The van der Waals surface area contributed by atoms with E-state index in [9.17, 15) is 9.59 Å². The SMILES string of the molecule is CC(C)n1cnnc1-c1cccc(NC(=O)c2cc3c(cc2F)CN(C(=O)C2CCCCC2)Cc2c(C4CC4)ncn2-3)n1. The second kappa shape index (κ2) is 11.0. The maximum atomic E-state index is 15.7. The lowest BCUT2D eigenvalue weighted by molar-refractivity contribution is -0.137. The second-order valence-corrected chi connectivity index (χ2v) is 12.2. The van der Waals surface area contributed by atoms with Crippen molar-refractivity contribution in [2.24, 2.45) is 5.92 Å². The summed E-state index contributed by atoms with van der Waals surface area (Å²) in [5.41, 5.74) is 3.73. The quantitative estimate of drug-likeness (QED) is 0.308. The zero-order valence-corrected chi connectivity index (χ0v) is 24.5. The number of carbonyl (C=O) groups excluding carboxylic acids is 2. The van der Waals surface area contributed by atoms with Gasteiger partial charge in [0.1, 0.15) is 23.7 Å². The van der Waals surface area contributed by atoms with Crippen molar-refractivity contribution < 1.29 is 14.0 Å². The van der Waals surface area contributed by atoms with Gasteiger partial charge in [-0.2, -0.15) is 0 Å². The number of pyridine rings is 1. The number of aromatic nitrogens is 6. The van der Waals surface area contributed by atoms with Crippen molar-refractivity contribution in [3.8, 4) is 17.2 Å².